The van der Waals surface area contributed by atoms with Crippen molar-refractivity contribution in [3.8, 4) is 0 Å². The topological polar surface area (TPSA) is 134 Å². The van der Waals surface area contributed by atoms with Gasteiger partial charge in [-0.1, -0.05) is 187 Å². The van der Waals surface area contributed by atoms with Gasteiger partial charge in [0.25, 0.3) is 0 Å². The number of carbonyl (C=O) groups excluding carboxylic acids is 2. The minimum atomic E-state index is -4.36. The van der Waals surface area contributed by atoms with Crippen LogP contribution in [-0.2, 0) is 32.7 Å². The van der Waals surface area contributed by atoms with Gasteiger partial charge in [0.2, 0.25) is 0 Å². The average molecular weight is 734 g/mol. The van der Waals surface area contributed by atoms with Gasteiger partial charge in [0.05, 0.1) is 13.2 Å². The molecule has 3 N–H and O–H groups in total. The van der Waals surface area contributed by atoms with Crippen molar-refractivity contribution < 1.29 is 37.6 Å². The lowest BCUT2D eigenvalue weighted by Gasteiger charge is -2.19. The quantitative estimate of drug-likeness (QED) is 0.0358. The Hall–Kier alpha value is -0.990. The van der Waals surface area contributed by atoms with Gasteiger partial charge in [-0.2, -0.15) is 0 Å². The monoisotopic (exact) mass is 734 g/mol. The van der Waals surface area contributed by atoms with Crippen molar-refractivity contribution in [1.82, 2.24) is 0 Å². The molecule has 0 aromatic carbocycles. The molecule has 0 fully saturated rings. The highest BCUT2D eigenvalue weighted by Crippen LogP contribution is 2.43. The highest BCUT2D eigenvalue weighted by Gasteiger charge is 2.26. The molecule has 9 nitrogen and oxygen atoms in total. The van der Waals surface area contributed by atoms with E-state index >= 15 is 0 Å². The molecule has 0 radical (unpaired) electrons. The number of esters is 2. The standard InChI is InChI=1S/C40H80NO8P/c1-3-5-7-9-11-13-15-16-17-18-19-20-21-23-25-27-29-31-33-40(43)49-38(37-48-50(44,45)47-35-34-41)36-46-39(42)32-30-28-26-24-22-14-12-10-8-6-4-2/h38H,3-37,41H2,1-2H3,(H,44,45). The van der Waals surface area contributed by atoms with Crippen molar-refractivity contribution in [3.05, 3.63) is 0 Å². The Balaban J connectivity index is 4.09. The number of phosphoric acid groups is 1. The minimum absolute atomic E-state index is 0.0579. The molecule has 2 unspecified atom stereocenters. The van der Waals surface area contributed by atoms with Gasteiger partial charge in [0.15, 0.2) is 6.10 Å². The van der Waals surface area contributed by atoms with Crippen LogP contribution in [0.5, 0.6) is 0 Å². The van der Waals surface area contributed by atoms with Crippen LogP contribution in [0.2, 0.25) is 0 Å². The Labute approximate surface area is 307 Å². The van der Waals surface area contributed by atoms with Crippen molar-refractivity contribution in [1.29, 1.82) is 0 Å². The first-order valence-electron chi connectivity index (χ1n) is 21.0. The molecule has 2 atom stereocenters. The fourth-order valence-corrected chi connectivity index (χ4v) is 6.87. The number of ether oxygens (including phenoxy) is 2. The van der Waals surface area contributed by atoms with E-state index in [9.17, 15) is 19.0 Å². The Bertz CT molecular complexity index is 799. The van der Waals surface area contributed by atoms with Gasteiger partial charge in [0, 0.05) is 19.4 Å². The molecule has 10 heteroatoms. The molecule has 298 valence electrons. The lowest BCUT2D eigenvalue weighted by atomic mass is 10.0. The van der Waals surface area contributed by atoms with E-state index in [1.54, 1.807) is 0 Å². The first-order chi connectivity index (χ1) is 24.3. The third-order valence-electron chi connectivity index (χ3n) is 9.24. The number of hydrogen-bond donors (Lipinski definition) is 2. The number of nitrogens with two attached hydrogens (primary N) is 1. The van der Waals surface area contributed by atoms with Gasteiger partial charge in [-0.25, -0.2) is 4.57 Å². The summed E-state index contributed by atoms with van der Waals surface area (Å²) in [4.78, 5) is 34.8. The molecular formula is C40H80NO8P. The zero-order valence-electron chi connectivity index (χ0n) is 32.7. The third kappa shape index (κ3) is 36.8. The number of unbranched alkanes of at least 4 members (excludes halogenated alkanes) is 27. The molecule has 0 aromatic rings. The second kappa shape index (κ2) is 37.8. The Morgan fingerprint density at radius 1 is 0.520 bits per heavy atom. The summed E-state index contributed by atoms with van der Waals surface area (Å²) in [5.74, 6) is -0.816. The van der Waals surface area contributed by atoms with Crippen molar-refractivity contribution in [2.24, 2.45) is 5.73 Å². The third-order valence-corrected chi connectivity index (χ3v) is 10.2. The minimum Gasteiger partial charge on any atom is -0.462 e. The number of rotatable bonds is 40. The summed E-state index contributed by atoms with van der Waals surface area (Å²) in [6.45, 7) is 3.75. The van der Waals surface area contributed by atoms with Crippen LogP contribution >= 0.6 is 7.82 Å². The van der Waals surface area contributed by atoms with Crippen LogP contribution in [-0.4, -0.2) is 49.3 Å². The number of carbonyl (C=O) groups is 2. The molecule has 0 saturated carbocycles. The molecule has 0 aliphatic rings. The zero-order chi connectivity index (χ0) is 36.8. The smallest absolute Gasteiger partial charge is 0.462 e. The van der Waals surface area contributed by atoms with Gasteiger partial charge < -0.3 is 20.1 Å². The highest BCUT2D eigenvalue weighted by molar-refractivity contribution is 7.47. The van der Waals surface area contributed by atoms with E-state index in [4.69, 9.17) is 24.3 Å². The molecule has 0 rings (SSSR count). The molecule has 0 saturated heterocycles. The van der Waals surface area contributed by atoms with Crippen molar-refractivity contribution >= 4 is 19.8 Å². The Morgan fingerprint density at radius 3 is 1.22 bits per heavy atom. The summed E-state index contributed by atoms with van der Waals surface area (Å²) < 4.78 is 32.7. The second-order valence-electron chi connectivity index (χ2n) is 14.2. The molecule has 50 heavy (non-hydrogen) atoms. The van der Waals surface area contributed by atoms with Gasteiger partial charge in [-0.15, -0.1) is 0 Å². The fraction of sp³-hybridized carbons (Fsp3) is 0.950. The van der Waals surface area contributed by atoms with E-state index in [-0.39, 0.29) is 38.6 Å². The normalized spacial score (nSPS) is 13.3. The summed E-state index contributed by atoms with van der Waals surface area (Å²) in [6, 6.07) is 0. The largest absolute Gasteiger partial charge is 0.472 e. The van der Waals surface area contributed by atoms with E-state index in [2.05, 4.69) is 13.8 Å². The van der Waals surface area contributed by atoms with E-state index in [0.29, 0.717) is 6.42 Å². The summed E-state index contributed by atoms with van der Waals surface area (Å²) in [5, 5.41) is 0. The predicted octanol–water partition coefficient (Wildman–Crippen LogP) is 11.7. The van der Waals surface area contributed by atoms with Crippen LogP contribution < -0.4 is 5.73 Å². The molecule has 0 aliphatic carbocycles. The first-order valence-corrected chi connectivity index (χ1v) is 22.5. The van der Waals surface area contributed by atoms with Crippen LogP contribution in [0, 0.1) is 0 Å². The van der Waals surface area contributed by atoms with Gasteiger partial charge in [0.1, 0.15) is 6.61 Å². The van der Waals surface area contributed by atoms with Crippen molar-refractivity contribution in [2.45, 2.75) is 219 Å². The summed E-state index contributed by atoms with van der Waals surface area (Å²) in [5.41, 5.74) is 5.34. The molecule has 0 bridgehead atoms. The highest BCUT2D eigenvalue weighted by atomic mass is 31.2. The lowest BCUT2D eigenvalue weighted by Crippen LogP contribution is -2.29. The Kier molecular flexibility index (Phi) is 37.0. The second-order valence-corrected chi connectivity index (χ2v) is 15.7. The zero-order valence-corrected chi connectivity index (χ0v) is 33.6. The van der Waals surface area contributed by atoms with Crippen LogP contribution in [0.4, 0.5) is 0 Å². The van der Waals surface area contributed by atoms with Crippen molar-refractivity contribution in [3.63, 3.8) is 0 Å². The maximum Gasteiger partial charge on any atom is 0.472 e. The fourth-order valence-electron chi connectivity index (χ4n) is 6.11. The SMILES string of the molecule is CCCCCCCCCCCCCCCCCCCCC(=O)OC(COC(=O)CCCCCCCCCCCCC)COP(=O)(O)OCCN. The maximum absolute atomic E-state index is 12.6. The van der Waals surface area contributed by atoms with E-state index in [1.165, 1.54) is 148 Å². The molecule has 0 aromatic heterocycles. The van der Waals surface area contributed by atoms with Gasteiger partial charge >= 0.3 is 19.8 Å². The van der Waals surface area contributed by atoms with Gasteiger partial charge in [-0.05, 0) is 12.8 Å². The van der Waals surface area contributed by atoms with Crippen LogP contribution in [0.25, 0.3) is 0 Å². The predicted molar refractivity (Wildman–Crippen MR) is 206 cm³/mol. The van der Waals surface area contributed by atoms with E-state index < -0.39 is 26.5 Å². The van der Waals surface area contributed by atoms with Gasteiger partial charge in [-0.3, -0.25) is 18.6 Å². The molecule has 0 aliphatic heterocycles. The summed E-state index contributed by atoms with van der Waals surface area (Å²) in [7, 11) is -4.36. The number of phosphoric ester groups is 1. The molecule has 0 amide bonds. The molecule has 0 heterocycles. The average Bonchev–Trinajstić information content (AvgIpc) is 3.10. The van der Waals surface area contributed by atoms with Crippen LogP contribution in [0.15, 0.2) is 0 Å². The maximum atomic E-state index is 12.6. The molecular weight excluding hydrogens is 653 g/mol. The van der Waals surface area contributed by atoms with E-state index in [1.807, 2.05) is 0 Å². The van der Waals surface area contributed by atoms with E-state index in [0.717, 1.165) is 32.1 Å². The molecule has 0 spiro atoms. The van der Waals surface area contributed by atoms with Crippen LogP contribution in [0.1, 0.15) is 213 Å². The summed E-state index contributed by atoms with van der Waals surface area (Å²) >= 11 is 0. The first kappa shape index (κ1) is 49.0. The number of hydrogen-bond acceptors (Lipinski definition) is 8. The summed E-state index contributed by atoms with van der Waals surface area (Å²) in [6.07, 6.45) is 35.6. The Morgan fingerprint density at radius 2 is 0.860 bits per heavy atom. The van der Waals surface area contributed by atoms with Crippen molar-refractivity contribution in [2.75, 3.05) is 26.4 Å². The lowest BCUT2D eigenvalue weighted by molar-refractivity contribution is -0.161. The van der Waals surface area contributed by atoms with Crippen LogP contribution in [0.3, 0.4) is 0 Å².